The maximum absolute atomic E-state index is 11.9. The van der Waals surface area contributed by atoms with Gasteiger partial charge in [0.2, 0.25) is 0 Å². The molecule has 4 aromatic rings. The van der Waals surface area contributed by atoms with Crippen LogP contribution in [0.25, 0.3) is 0 Å². The molecule has 1 aromatic heterocycles. The molecular formula is C26H30BrN8O4S+. The smallest absolute Gasteiger partial charge is 0.295 e. The number of benzene rings is 3. The van der Waals surface area contributed by atoms with Gasteiger partial charge in [0.1, 0.15) is 0 Å². The number of nitrogens with zero attached hydrogens (tertiary/aromatic N) is 6. The molecule has 4 rings (SSSR count). The number of azo groups is 1. The topological polar surface area (TPSA) is 159 Å². The van der Waals surface area contributed by atoms with Crippen molar-refractivity contribution in [1.29, 1.82) is 0 Å². The first-order valence-corrected chi connectivity index (χ1v) is 14.1. The van der Waals surface area contributed by atoms with Gasteiger partial charge >= 0.3 is 0 Å². The fraction of sp³-hybridized carbons (Fsp3) is 0.192. The molecule has 0 aliphatic rings. The second-order valence-electron chi connectivity index (χ2n) is 8.76. The molecule has 0 fully saturated rings. The summed E-state index contributed by atoms with van der Waals surface area (Å²) in [7, 11) is -0.273. The lowest BCUT2D eigenvalue weighted by Gasteiger charge is -2.11. The van der Waals surface area contributed by atoms with Gasteiger partial charge in [0.05, 0.1) is 16.3 Å². The number of nitrogen functional groups attached to an aromatic ring is 1. The minimum absolute atomic E-state index is 0.132. The Morgan fingerprint density at radius 1 is 1.00 bits per heavy atom. The number of nitrogens with two attached hydrogens (primary N) is 1. The summed E-state index contributed by atoms with van der Waals surface area (Å²) in [6, 6.07) is 20.4. The van der Waals surface area contributed by atoms with Gasteiger partial charge in [0.15, 0.2) is 6.54 Å². The molecule has 12 nitrogen and oxygen atoms in total. The van der Waals surface area contributed by atoms with Crippen LogP contribution in [0, 0.1) is 13.8 Å². The highest BCUT2D eigenvalue weighted by atomic mass is 79.9. The van der Waals surface area contributed by atoms with Gasteiger partial charge in [-0.1, -0.05) is 15.9 Å². The van der Waals surface area contributed by atoms with Crippen LogP contribution in [0.5, 0.6) is 0 Å². The summed E-state index contributed by atoms with van der Waals surface area (Å²) in [6.07, 6.45) is 0. The Morgan fingerprint density at radius 3 is 1.98 bits per heavy atom. The van der Waals surface area contributed by atoms with E-state index in [-0.39, 0.29) is 17.3 Å². The average Bonchev–Trinajstić information content (AvgIpc) is 3.15. The fourth-order valence-electron chi connectivity index (χ4n) is 3.29. The van der Waals surface area contributed by atoms with E-state index in [2.05, 4.69) is 36.6 Å². The van der Waals surface area contributed by atoms with Crippen molar-refractivity contribution in [3.8, 4) is 0 Å². The lowest BCUT2D eigenvalue weighted by Crippen LogP contribution is -2.48. The molecule has 0 spiro atoms. The molecule has 0 unspecified atom stereocenters. The Bertz CT molecular complexity index is 1590. The second-order valence-corrected chi connectivity index (χ2v) is 11.1. The number of hydrogen-bond donors (Lipinski definition) is 3. The zero-order valence-corrected chi connectivity index (χ0v) is 24.8. The van der Waals surface area contributed by atoms with Crippen LogP contribution in [0.15, 0.2) is 92.4 Å². The maximum Gasteiger partial charge on any atom is 0.295 e. The molecule has 40 heavy (non-hydrogen) atoms. The van der Waals surface area contributed by atoms with Crippen LogP contribution < -0.4 is 20.7 Å². The summed E-state index contributed by atoms with van der Waals surface area (Å²) < 4.78 is 34.7. The quantitative estimate of drug-likeness (QED) is 0.119. The van der Waals surface area contributed by atoms with E-state index in [1.54, 1.807) is 11.6 Å². The number of aryl methyl sites for hydroxylation is 1. The van der Waals surface area contributed by atoms with Gasteiger partial charge in [-0.25, -0.2) is 0 Å². The van der Waals surface area contributed by atoms with Crippen molar-refractivity contribution >= 4 is 54.7 Å². The molecule has 1 amide bonds. The molecule has 14 heteroatoms. The molecule has 0 aliphatic heterocycles. The largest absolute Gasteiger partial charge is 0.378 e. The summed E-state index contributed by atoms with van der Waals surface area (Å²) in [6.45, 7) is 3.73. The van der Waals surface area contributed by atoms with Crippen molar-refractivity contribution in [2.45, 2.75) is 25.3 Å². The number of nitrogens with one attached hydrogen (secondary N) is 1. The Labute approximate surface area is 241 Å². The Balaban J connectivity index is 0.000000222. The van der Waals surface area contributed by atoms with Crippen LogP contribution in [0.2, 0.25) is 0 Å². The summed E-state index contributed by atoms with van der Waals surface area (Å²) in [5.74, 6) is 6.99. The lowest BCUT2D eigenvalue weighted by molar-refractivity contribution is -0.652. The second kappa shape index (κ2) is 13.3. The van der Waals surface area contributed by atoms with Crippen LogP contribution in [-0.4, -0.2) is 42.8 Å². The van der Waals surface area contributed by atoms with E-state index < -0.39 is 10.1 Å². The van der Waals surface area contributed by atoms with Crippen LogP contribution in [0.1, 0.15) is 11.6 Å². The van der Waals surface area contributed by atoms with E-state index in [1.807, 2.05) is 74.4 Å². The number of rotatable bonds is 7. The van der Waals surface area contributed by atoms with Crippen LogP contribution in [0.4, 0.5) is 22.7 Å². The highest BCUT2D eigenvalue weighted by molar-refractivity contribution is 9.10. The predicted octanol–water partition coefficient (Wildman–Crippen LogP) is 4.32. The number of anilines is 2. The number of halogens is 1. The van der Waals surface area contributed by atoms with E-state index >= 15 is 0 Å². The van der Waals surface area contributed by atoms with Crippen molar-refractivity contribution in [2.24, 2.45) is 10.2 Å². The van der Waals surface area contributed by atoms with Crippen LogP contribution in [-0.2, 0) is 21.5 Å². The first-order valence-electron chi connectivity index (χ1n) is 11.9. The van der Waals surface area contributed by atoms with E-state index in [0.29, 0.717) is 17.2 Å². The fourth-order valence-corrected chi connectivity index (χ4v) is 4.04. The van der Waals surface area contributed by atoms with Gasteiger partial charge in [-0.3, -0.25) is 15.2 Å². The van der Waals surface area contributed by atoms with Crippen molar-refractivity contribution in [3.63, 3.8) is 0 Å². The number of carbonyl (C=O) groups excluding carboxylic acids is 1. The number of amides is 1. The Hall–Kier alpha value is -4.14. The molecule has 0 atom stereocenters. The lowest BCUT2D eigenvalue weighted by atomic mass is 10.3. The molecule has 4 N–H and O–H groups in total. The van der Waals surface area contributed by atoms with Crippen molar-refractivity contribution < 1.29 is 22.4 Å². The highest BCUT2D eigenvalue weighted by Gasteiger charge is 2.19. The zero-order valence-electron chi connectivity index (χ0n) is 22.4. The van der Waals surface area contributed by atoms with E-state index in [4.69, 9.17) is 10.4 Å². The molecule has 1 heterocycles. The van der Waals surface area contributed by atoms with Crippen LogP contribution in [0.3, 0.4) is 0 Å². The van der Waals surface area contributed by atoms with E-state index in [0.717, 1.165) is 21.7 Å². The predicted molar refractivity (Wildman–Crippen MR) is 156 cm³/mol. The molecule has 0 saturated carbocycles. The summed E-state index contributed by atoms with van der Waals surface area (Å²) >= 11 is 3.34. The van der Waals surface area contributed by atoms with Gasteiger partial charge in [-0.05, 0) is 72.8 Å². The minimum Gasteiger partial charge on any atom is -0.378 e. The summed E-state index contributed by atoms with van der Waals surface area (Å²) in [5, 5.41) is 15.1. The van der Waals surface area contributed by atoms with Gasteiger partial charge in [0.25, 0.3) is 27.7 Å². The van der Waals surface area contributed by atoms with Crippen LogP contribution >= 0.6 is 15.9 Å². The average molecular weight is 631 g/mol. The monoisotopic (exact) mass is 629 g/mol. The molecule has 0 radical (unpaired) electrons. The van der Waals surface area contributed by atoms with E-state index in [9.17, 15) is 13.2 Å². The van der Waals surface area contributed by atoms with Gasteiger partial charge < -0.3 is 10.2 Å². The maximum atomic E-state index is 11.9. The van der Waals surface area contributed by atoms with Gasteiger partial charge in [0, 0.05) is 48.9 Å². The number of hydrogen-bond acceptors (Lipinski definition) is 8. The minimum atomic E-state index is -4.18. The molecule has 0 saturated heterocycles. The third kappa shape index (κ3) is 8.69. The molecule has 210 valence electrons. The molecule has 3 aromatic carbocycles. The summed E-state index contributed by atoms with van der Waals surface area (Å²) in [4.78, 5) is 13.7. The molecular weight excluding hydrogens is 600 g/mol. The Kier molecular flexibility index (Phi) is 10.1. The normalized spacial score (nSPS) is 11.2. The standard InChI is InChI=1S/C14H15N3O3S.C12H14BrN5O/c1-17(2)13-7-3-11(4-8-13)15-16-12-5-9-14(10-6-12)21(18,19)20;1-8-16-17(9(2)18(8)14)7-12(19)15-11-5-3-10(13)4-6-11/h3-10H,1-2H3,(H,18,19,20);3-6H,7,14H2,1-2H3/p+1. The van der Waals surface area contributed by atoms with E-state index in [1.165, 1.54) is 28.9 Å². The third-order valence-corrected chi connectivity index (χ3v) is 6.94. The highest BCUT2D eigenvalue weighted by Crippen LogP contribution is 2.22. The summed E-state index contributed by atoms with van der Waals surface area (Å²) in [5.41, 5.74) is 3.00. The van der Waals surface area contributed by atoms with Gasteiger partial charge in [-0.15, -0.1) is 9.36 Å². The molecule has 0 aliphatic carbocycles. The third-order valence-electron chi connectivity index (χ3n) is 5.54. The molecule has 0 bridgehead atoms. The first-order chi connectivity index (χ1) is 18.8. The first kappa shape index (κ1) is 30.4. The zero-order chi connectivity index (χ0) is 29.4. The SMILES string of the molecule is CN(C)c1ccc(N=Nc2ccc(S(=O)(=O)O)cc2)cc1.Cc1nn(CC(=O)Nc2ccc(Br)cc2)c(C)[n+]1N. The van der Waals surface area contributed by atoms with Crippen molar-refractivity contribution in [1.82, 2.24) is 9.78 Å². The number of aromatic nitrogens is 3. The number of carbonyl (C=O) groups is 1. The van der Waals surface area contributed by atoms with Crippen molar-refractivity contribution in [2.75, 3.05) is 30.2 Å². The Morgan fingerprint density at radius 2 is 1.52 bits per heavy atom. The van der Waals surface area contributed by atoms with Crippen molar-refractivity contribution in [3.05, 3.63) is 88.9 Å². The van der Waals surface area contributed by atoms with Gasteiger partial charge in [-0.2, -0.15) is 18.6 Å².